The van der Waals surface area contributed by atoms with Crippen molar-refractivity contribution in [3.05, 3.63) is 41.7 Å². The topological polar surface area (TPSA) is 103 Å². The molecule has 1 N–H and O–H groups in total. The summed E-state index contributed by atoms with van der Waals surface area (Å²) in [6.45, 7) is 15.1. The minimum atomic E-state index is -1.12. The lowest BCUT2D eigenvalue weighted by atomic mass is 9.91. The van der Waals surface area contributed by atoms with Gasteiger partial charge < -0.3 is 24.2 Å². The molecule has 0 aliphatic carbocycles. The highest BCUT2D eigenvalue weighted by atomic mass is 16.6. The Morgan fingerprint density at radius 3 is 2.50 bits per heavy atom. The Morgan fingerprint density at radius 1 is 1.32 bits per heavy atom. The van der Waals surface area contributed by atoms with Gasteiger partial charge in [0.15, 0.2) is 11.8 Å². The molecular weight excluding hydrogens is 438 g/mol. The minimum absolute atomic E-state index is 0.0691. The second kappa shape index (κ2) is 9.76. The van der Waals surface area contributed by atoms with Crippen LogP contribution < -0.4 is 4.90 Å². The largest absolute Gasteiger partial charge is 0.476 e. The highest BCUT2D eigenvalue weighted by Crippen LogP contribution is 2.40. The number of carbonyl (C=O) groups is 2. The molecule has 1 fully saturated rings. The molecule has 1 unspecified atom stereocenters. The number of carbonyl (C=O) groups excluding carboxylic acids is 1. The van der Waals surface area contributed by atoms with E-state index >= 15 is 0 Å². The van der Waals surface area contributed by atoms with Gasteiger partial charge in [0.05, 0.1) is 36.1 Å². The molecule has 1 aliphatic heterocycles. The van der Waals surface area contributed by atoms with Crippen LogP contribution in [0.25, 0.3) is 5.52 Å². The van der Waals surface area contributed by atoms with E-state index in [1.165, 1.54) is 13.2 Å². The highest BCUT2D eigenvalue weighted by Gasteiger charge is 2.37. The molecule has 34 heavy (non-hydrogen) atoms. The molecule has 0 bridgehead atoms. The van der Waals surface area contributed by atoms with Crippen LogP contribution in [-0.4, -0.2) is 64.7 Å². The zero-order chi connectivity index (χ0) is 25.3. The summed E-state index contributed by atoms with van der Waals surface area (Å²) in [5.74, 6) is -1.63. The zero-order valence-corrected chi connectivity index (χ0v) is 20.9. The first kappa shape index (κ1) is 25.7. The maximum atomic E-state index is 12.9. The van der Waals surface area contributed by atoms with Crippen molar-refractivity contribution < 1.29 is 28.9 Å². The van der Waals surface area contributed by atoms with Crippen LogP contribution in [0.3, 0.4) is 0 Å². The number of anilines is 1. The first-order valence-electron chi connectivity index (χ1n) is 11.4. The van der Waals surface area contributed by atoms with Crippen LogP contribution in [0.2, 0.25) is 0 Å². The number of aromatic nitrogens is 2. The number of esters is 1. The molecule has 0 radical (unpaired) electrons. The Labute approximate surface area is 200 Å². The summed E-state index contributed by atoms with van der Waals surface area (Å²) in [7, 11) is 1.33. The predicted molar refractivity (Wildman–Crippen MR) is 128 cm³/mol. The van der Waals surface area contributed by atoms with E-state index in [0.717, 1.165) is 24.1 Å². The van der Waals surface area contributed by atoms with Crippen molar-refractivity contribution in [2.45, 2.75) is 64.8 Å². The second-order valence-corrected chi connectivity index (χ2v) is 9.91. The van der Waals surface area contributed by atoms with Crippen molar-refractivity contribution in [3.63, 3.8) is 0 Å². The molecule has 2 aromatic rings. The van der Waals surface area contributed by atoms with Gasteiger partial charge in [-0.15, -0.1) is 6.58 Å². The number of carboxylic acid groups (broad SMARTS) is 1. The number of piperidine rings is 1. The first-order chi connectivity index (χ1) is 15.9. The molecule has 0 saturated carbocycles. The quantitative estimate of drug-likeness (QED) is 0.454. The predicted octanol–water partition coefficient (Wildman–Crippen LogP) is 3.93. The van der Waals surface area contributed by atoms with E-state index < -0.39 is 23.6 Å². The van der Waals surface area contributed by atoms with Gasteiger partial charge in [-0.2, -0.15) is 5.10 Å². The van der Waals surface area contributed by atoms with Crippen molar-refractivity contribution in [3.8, 4) is 0 Å². The van der Waals surface area contributed by atoms with Crippen molar-refractivity contribution >= 4 is 23.1 Å². The Kier molecular flexibility index (Phi) is 7.38. The van der Waals surface area contributed by atoms with E-state index in [-0.39, 0.29) is 11.3 Å². The van der Waals surface area contributed by atoms with Crippen molar-refractivity contribution in [1.82, 2.24) is 9.61 Å². The average molecular weight is 474 g/mol. The summed E-state index contributed by atoms with van der Waals surface area (Å²) in [4.78, 5) is 26.8. The van der Waals surface area contributed by atoms with Gasteiger partial charge in [0.2, 0.25) is 0 Å². The summed E-state index contributed by atoms with van der Waals surface area (Å²) in [5, 5.41) is 13.8. The number of methoxy groups -OCH3 is 1. The van der Waals surface area contributed by atoms with E-state index in [4.69, 9.17) is 14.2 Å². The van der Waals surface area contributed by atoms with E-state index in [0.29, 0.717) is 30.8 Å². The molecule has 0 amide bonds. The van der Waals surface area contributed by atoms with Crippen LogP contribution in [0.5, 0.6) is 0 Å². The number of aromatic carboxylic acids is 1. The summed E-state index contributed by atoms with van der Waals surface area (Å²) in [6.07, 6.45) is 3.99. The third-order valence-corrected chi connectivity index (χ3v) is 6.03. The van der Waals surface area contributed by atoms with Gasteiger partial charge >= 0.3 is 11.9 Å². The Balaban J connectivity index is 2.17. The third kappa shape index (κ3) is 5.42. The van der Waals surface area contributed by atoms with Gasteiger partial charge in [0.25, 0.3) is 0 Å². The standard InChI is InChI=1S/C25H35N3O6/c1-8-13-33-25(6)9-11-27(12-10-25)20-18-14-17(22(29)30)26-28(18)15-16(2)19(20)21(23(31)32-7)34-24(3,4)5/h8,14-15,21H,1,9-13H2,2-7H3,(H,29,30). The van der Waals surface area contributed by atoms with E-state index in [1.54, 1.807) is 16.8 Å². The fourth-order valence-corrected chi connectivity index (χ4v) is 4.31. The summed E-state index contributed by atoms with van der Waals surface area (Å²) < 4.78 is 18.9. The fourth-order valence-electron chi connectivity index (χ4n) is 4.31. The lowest BCUT2D eigenvalue weighted by molar-refractivity contribution is -0.164. The number of aryl methyl sites for hydroxylation is 1. The number of pyridine rings is 1. The number of fused-ring (bicyclic) bond motifs is 1. The van der Waals surface area contributed by atoms with Crippen LogP contribution in [-0.2, 0) is 19.0 Å². The van der Waals surface area contributed by atoms with Crippen LogP contribution >= 0.6 is 0 Å². The lowest BCUT2D eigenvalue weighted by Crippen LogP contribution is -2.45. The minimum Gasteiger partial charge on any atom is -0.476 e. The monoisotopic (exact) mass is 473 g/mol. The molecule has 1 atom stereocenters. The maximum Gasteiger partial charge on any atom is 0.356 e. The number of hydrogen-bond donors (Lipinski definition) is 1. The summed E-state index contributed by atoms with van der Waals surface area (Å²) >= 11 is 0. The Bertz CT molecular complexity index is 1080. The average Bonchev–Trinajstić information content (AvgIpc) is 3.19. The van der Waals surface area contributed by atoms with Crippen LogP contribution in [0.1, 0.15) is 68.3 Å². The van der Waals surface area contributed by atoms with E-state index in [9.17, 15) is 14.7 Å². The number of carboxylic acids is 1. The lowest BCUT2D eigenvalue weighted by Gasteiger charge is -2.41. The molecule has 9 heteroatoms. The van der Waals surface area contributed by atoms with E-state index in [1.807, 2.05) is 27.7 Å². The third-order valence-electron chi connectivity index (χ3n) is 6.03. The smallest absolute Gasteiger partial charge is 0.356 e. The molecule has 9 nitrogen and oxygen atoms in total. The second-order valence-electron chi connectivity index (χ2n) is 9.91. The number of rotatable bonds is 8. The molecule has 3 heterocycles. The van der Waals surface area contributed by atoms with Crippen LogP contribution in [0, 0.1) is 6.92 Å². The molecule has 1 aliphatic rings. The van der Waals surface area contributed by atoms with Crippen molar-refractivity contribution in [1.29, 1.82) is 0 Å². The normalized spacial score (nSPS) is 16.9. The maximum absolute atomic E-state index is 12.9. The van der Waals surface area contributed by atoms with Crippen LogP contribution in [0.4, 0.5) is 5.69 Å². The van der Waals surface area contributed by atoms with Crippen LogP contribution in [0.15, 0.2) is 24.9 Å². The molecule has 3 rings (SSSR count). The molecular formula is C25H35N3O6. The van der Waals surface area contributed by atoms with Gasteiger partial charge in [-0.3, -0.25) is 0 Å². The highest BCUT2D eigenvalue weighted by molar-refractivity contribution is 5.91. The fraction of sp³-hybridized carbons (Fsp3) is 0.560. The van der Waals surface area contributed by atoms with Gasteiger partial charge in [-0.05, 0) is 53.0 Å². The van der Waals surface area contributed by atoms with Gasteiger partial charge in [0.1, 0.15) is 0 Å². The number of hydrogen-bond acceptors (Lipinski definition) is 7. The van der Waals surface area contributed by atoms with Gasteiger partial charge in [0, 0.05) is 30.9 Å². The van der Waals surface area contributed by atoms with Gasteiger partial charge in [-0.25, -0.2) is 14.1 Å². The van der Waals surface area contributed by atoms with E-state index in [2.05, 4.69) is 23.5 Å². The van der Waals surface area contributed by atoms with Crippen molar-refractivity contribution in [2.24, 2.45) is 0 Å². The Morgan fingerprint density at radius 2 is 1.97 bits per heavy atom. The summed E-state index contributed by atoms with van der Waals surface area (Å²) in [5.41, 5.74) is 1.74. The van der Waals surface area contributed by atoms with Crippen molar-refractivity contribution in [2.75, 3.05) is 31.7 Å². The SMILES string of the molecule is C=CCOC1(C)CCN(c2c(C(OC(C)(C)C)C(=O)OC)c(C)cn3nc(C(=O)O)cc23)CC1. The number of nitrogens with zero attached hydrogens (tertiary/aromatic N) is 3. The molecule has 1 saturated heterocycles. The molecule has 186 valence electrons. The molecule has 0 spiro atoms. The number of ether oxygens (including phenoxy) is 3. The zero-order valence-electron chi connectivity index (χ0n) is 20.9. The first-order valence-corrected chi connectivity index (χ1v) is 11.4. The summed E-state index contributed by atoms with van der Waals surface area (Å²) in [6, 6.07) is 1.54. The Hall–Kier alpha value is -2.91. The molecule has 2 aromatic heterocycles. The molecule has 0 aromatic carbocycles. The van der Waals surface area contributed by atoms with Gasteiger partial charge in [-0.1, -0.05) is 6.08 Å².